The minimum absolute atomic E-state index is 0.0762. The number of hydrogen-bond donors (Lipinski definition) is 0. The lowest BCUT2D eigenvalue weighted by atomic mass is 9.90. The summed E-state index contributed by atoms with van der Waals surface area (Å²) >= 11 is 0. The molecule has 5 nitrogen and oxygen atoms in total. The molecular formula is C14H27N3O2. The lowest BCUT2D eigenvalue weighted by Crippen LogP contribution is -2.26. The minimum atomic E-state index is -0.463. The predicted octanol–water partition coefficient (Wildman–Crippen LogP) is 4.47. The van der Waals surface area contributed by atoms with Crippen molar-refractivity contribution in [2.45, 2.75) is 65.9 Å². The fourth-order valence-electron chi connectivity index (χ4n) is 2.17. The number of ether oxygens (including phenoxy) is 1. The quantitative estimate of drug-likeness (QED) is 0.282. The van der Waals surface area contributed by atoms with Crippen LogP contribution in [0.5, 0.6) is 0 Å². The molecule has 0 saturated carbocycles. The van der Waals surface area contributed by atoms with Gasteiger partial charge in [-0.25, -0.2) is 0 Å². The summed E-state index contributed by atoms with van der Waals surface area (Å²) in [5, 5.41) is 3.61. The molecule has 19 heavy (non-hydrogen) atoms. The normalized spacial score (nSPS) is 14.4. The van der Waals surface area contributed by atoms with Crippen molar-refractivity contribution in [3.63, 3.8) is 0 Å². The lowest BCUT2D eigenvalue weighted by molar-refractivity contribution is -0.156. The molecule has 0 N–H and O–H groups in total. The minimum Gasteiger partial charge on any atom is -0.460 e. The van der Waals surface area contributed by atoms with E-state index < -0.39 is 5.60 Å². The summed E-state index contributed by atoms with van der Waals surface area (Å²) in [7, 11) is 0. The van der Waals surface area contributed by atoms with Gasteiger partial charge in [0, 0.05) is 17.9 Å². The molecule has 0 radical (unpaired) electrons. The Hall–Kier alpha value is -1.22. The summed E-state index contributed by atoms with van der Waals surface area (Å²) in [4.78, 5) is 14.6. The highest BCUT2D eigenvalue weighted by Crippen LogP contribution is 2.21. The summed E-state index contributed by atoms with van der Waals surface area (Å²) in [5.74, 6) is 0.396. The highest BCUT2D eigenvalue weighted by atomic mass is 16.6. The Balaban J connectivity index is 4.41. The van der Waals surface area contributed by atoms with Crippen LogP contribution < -0.4 is 0 Å². The first-order chi connectivity index (χ1) is 8.78. The van der Waals surface area contributed by atoms with E-state index in [9.17, 15) is 4.79 Å². The molecule has 0 aromatic carbocycles. The molecule has 5 heteroatoms. The van der Waals surface area contributed by atoms with E-state index in [1.165, 1.54) is 0 Å². The van der Waals surface area contributed by atoms with E-state index >= 15 is 0 Å². The van der Waals surface area contributed by atoms with Gasteiger partial charge in [-0.05, 0) is 44.6 Å². The van der Waals surface area contributed by atoms with Crippen LogP contribution in [0.25, 0.3) is 10.4 Å². The predicted molar refractivity (Wildman–Crippen MR) is 76.7 cm³/mol. The number of hydrogen-bond acceptors (Lipinski definition) is 3. The third-order valence-corrected chi connectivity index (χ3v) is 2.80. The van der Waals surface area contributed by atoms with Crippen LogP contribution in [0.15, 0.2) is 5.11 Å². The molecule has 0 aliphatic heterocycles. The fourth-order valence-corrected chi connectivity index (χ4v) is 2.17. The maximum atomic E-state index is 11.8. The van der Waals surface area contributed by atoms with Crippen molar-refractivity contribution in [1.82, 2.24) is 0 Å². The van der Waals surface area contributed by atoms with Crippen molar-refractivity contribution < 1.29 is 9.53 Å². The van der Waals surface area contributed by atoms with Crippen LogP contribution in [0, 0.1) is 11.8 Å². The van der Waals surface area contributed by atoms with Crippen molar-refractivity contribution in [1.29, 1.82) is 0 Å². The molecule has 0 aliphatic rings. The molecule has 0 saturated heterocycles. The summed E-state index contributed by atoms with van der Waals surface area (Å²) in [5.41, 5.74) is 7.95. The topological polar surface area (TPSA) is 75.1 Å². The van der Waals surface area contributed by atoms with Crippen LogP contribution in [0.3, 0.4) is 0 Å². The van der Waals surface area contributed by atoms with Gasteiger partial charge >= 0.3 is 5.97 Å². The third kappa shape index (κ3) is 10.4. The Morgan fingerprint density at radius 1 is 1.42 bits per heavy atom. The molecule has 0 rings (SSSR count). The van der Waals surface area contributed by atoms with Gasteiger partial charge in [-0.3, -0.25) is 4.79 Å². The van der Waals surface area contributed by atoms with Crippen molar-refractivity contribution in [3.8, 4) is 0 Å². The average molecular weight is 269 g/mol. The Morgan fingerprint density at radius 2 is 2.05 bits per heavy atom. The third-order valence-electron chi connectivity index (χ3n) is 2.80. The molecule has 0 bridgehead atoms. The molecule has 0 heterocycles. The Labute approximate surface area is 116 Å². The first-order valence-corrected chi connectivity index (χ1v) is 7.01. The second-order valence-electron chi connectivity index (χ2n) is 6.20. The molecule has 0 fully saturated rings. The van der Waals surface area contributed by atoms with E-state index in [1.54, 1.807) is 0 Å². The fraction of sp³-hybridized carbons (Fsp3) is 0.929. The molecule has 0 aliphatic carbocycles. The van der Waals surface area contributed by atoms with Crippen LogP contribution in [0.1, 0.15) is 60.3 Å². The van der Waals surface area contributed by atoms with E-state index in [0.29, 0.717) is 18.9 Å². The summed E-state index contributed by atoms with van der Waals surface area (Å²) < 4.78 is 5.32. The van der Waals surface area contributed by atoms with Crippen molar-refractivity contribution in [2.24, 2.45) is 17.0 Å². The second-order valence-corrected chi connectivity index (χ2v) is 6.20. The molecular weight excluding hydrogens is 242 g/mol. The molecule has 110 valence electrons. The van der Waals surface area contributed by atoms with E-state index in [2.05, 4.69) is 23.9 Å². The summed E-state index contributed by atoms with van der Waals surface area (Å²) in [6.45, 7) is 10.2. The zero-order chi connectivity index (χ0) is 14.9. The van der Waals surface area contributed by atoms with Crippen LogP contribution >= 0.6 is 0 Å². The standard InChI is InChI=1S/C14H27N3O2/c1-6-7-11(2)8-12(10-16-17-15)9-13(18)19-14(3,4)5/h11-12H,6-10H2,1-5H3. The van der Waals surface area contributed by atoms with Crippen molar-refractivity contribution in [2.75, 3.05) is 6.54 Å². The first-order valence-electron chi connectivity index (χ1n) is 7.01. The van der Waals surface area contributed by atoms with E-state index in [-0.39, 0.29) is 11.9 Å². The highest BCUT2D eigenvalue weighted by Gasteiger charge is 2.21. The maximum Gasteiger partial charge on any atom is 0.306 e. The Bertz CT molecular complexity index is 317. The number of carbonyl (C=O) groups is 1. The van der Waals surface area contributed by atoms with Crippen LogP contribution in [-0.4, -0.2) is 18.1 Å². The number of rotatable bonds is 8. The number of esters is 1. The van der Waals surface area contributed by atoms with Gasteiger partial charge in [-0.15, -0.1) is 0 Å². The van der Waals surface area contributed by atoms with Crippen molar-refractivity contribution >= 4 is 5.97 Å². The van der Waals surface area contributed by atoms with Gasteiger partial charge in [-0.1, -0.05) is 31.8 Å². The molecule has 2 unspecified atom stereocenters. The SMILES string of the molecule is CCCC(C)CC(CN=[N+]=[N-])CC(=O)OC(C)(C)C. The zero-order valence-electron chi connectivity index (χ0n) is 12.8. The molecule has 0 aromatic rings. The molecule has 0 amide bonds. The lowest BCUT2D eigenvalue weighted by Gasteiger charge is -2.23. The Kier molecular flexibility index (Phi) is 8.24. The second kappa shape index (κ2) is 8.81. The number of azide groups is 1. The molecule has 0 spiro atoms. The van der Waals surface area contributed by atoms with E-state index in [0.717, 1.165) is 19.3 Å². The Morgan fingerprint density at radius 3 is 2.53 bits per heavy atom. The van der Waals surface area contributed by atoms with Gasteiger partial charge in [0.05, 0.1) is 0 Å². The monoisotopic (exact) mass is 269 g/mol. The van der Waals surface area contributed by atoms with E-state index in [4.69, 9.17) is 10.3 Å². The highest BCUT2D eigenvalue weighted by molar-refractivity contribution is 5.70. The summed E-state index contributed by atoms with van der Waals surface area (Å²) in [6, 6.07) is 0. The zero-order valence-corrected chi connectivity index (χ0v) is 12.8. The van der Waals surface area contributed by atoms with Gasteiger partial charge in [-0.2, -0.15) is 0 Å². The number of carbonyl (C=O) groups excluding carboxylic acids is 1. The van der Waals surface area contributed by atoms with Gasteiger partial charge in [0.15, 0.2) is 0 Å². The van der Waals surface area contributed by atoms with Gasteiger partial charge in [0.25, 0.3) is 0 Å². The summed E-state index contributed by atoms with van der Waals surface area (Å²) in [6.07, 6.45) is 3.47. The largest absolute Gasteiger partial charge is 0.460 e. The average Bonchev–Trinajstić information content (AvgIpc) is 2.23. The van der Waals surface area contributed by atoms with Crippen LogP contribution in [-0.2, 0) is 9.53 Å². The smallest absolute Gasteiger partial charge is 0.306 e. The van der Waals surface area contributed by atoms with Gasteiger partial charge in [0.1, 0.15) is 5.60 Å². The van der Waals surface area contributed by atoms with Crippen LogP contribution in [0.4, 0.5) is 0 Å². The van der Waals surface area contributed by atoms with E-state index in [1.807, 2.05) is 20.8 Å². The van der Waals surface area contributed by atoms with Crippen molar-refractivity contribution in [3.05, 3.63) is 10.4 Å². The molecule has 2 atom stereocenters. The first kappa shape index (κ1) is 17.8. The number of nitrogens with zero attached hydrogens (tertiary/aromatic N) is 3. The molecule has 0 aromatic heterocycles. The maximum absolute atomic E-state index is 11.8. The van der Waals surface area contributed by atoms with Gasteiger partial charge in [0.2, 0.25) is 0 Å². The van der Waals surface area contributed by atoms with Crippen LogP contribution in [0.2, 0.25) is 0 Å². The van der Waals surface area contributed by atoms with Gasteiger partial charge < -0.3 is 4.74 Å².